The molecule has 0 fully saturated rings. The lowest BCUT2D eigenvalue weighted by Crippen LogP contribution is -2.43. The highest BCUT2D eigenvalue weighted by molar-refractivity contribution is 5.82. The summed E-state index contributed by atoms with van der Waals surface area (Å²) in [7, 11) is 0. The molecule has 3 amide bonds. The van der Waals surface area contributed by atoms with Gasteiger partial charge in [0.05, 0.1) is 6.67 Å². The molecule has 0 radical (unpaired) electrons. The van der Waals surface area contributed by atoms with Crippen LogP contribution in [0, 0.1) is 0 Å². The first-order valence-corrected chi connectivity index (χ1v) is 5.18. The van der Waals surface area contributed by atoms with Crippen molar-refractivity contribution in [2.75, 3.05) is 13.2 Å². The largest absolute Gasteiger partial charge is 0.444 e. The predicted octanol–water partition coefficient (Wildman–Crippen LogP) is -0.279. The summed E-state index contributed by atoms with van der Waals surface area (Å²) in [6, 6.07) is 0. The number of amides is 3. The molecule has 3 N–H and O–H groups in total. The first-order valence-electron chi connectivity index (χ1n) is 5.18. The maximum absolute atomic E-state index is 11.2. The Morgan fingerprint density at radius 1 is 1.06 bits per heavy atom. The monoisotopic (exact) mass is 245 g/mol. The number of carbonyl (C=O) groups excluding carboxylic acids is 3. The van der Waals surface area contributed by atoms with Gasteiger partial charge in [0, 0.05) is 6.92 Å². The second kappa shape index (κ2) is 6.72. The minimum absolute atomic E-state index is 0.0319. The predicted molar refractivity (Wildman–Crippen MR) is 61.1 cm³/mol. The molecule has 0 atom stereocenters. The Morgan fingerprint density at radius 2 is 1.65 bits per heavy atom. The first-order chi connectivity index (χ1) is 7.70. The third kappa shape index (κ3) is 10.5. The van der Waals surface area contributed by atoms with Crippen LogP contribution in [0.5, 0.6) is 0 Å². The van der Waals surface area contributed by atoms with Crippen molar-refractivity contribution in [3.05, 3.63) is 0 Å². The molecule has 0 aromatic rings. The molecular formula is C10H19N3O4. The van der Waals surface area contributed by atoms with Gasteiger partial charge in [-0.05, 0) is 20.8 Å². The van der Waals surface area contributed by atoms with E-state index in [1.54, 1.807) is 20.8 Å². The summed E-state index contributed by atoms with van der Waals surface area (Å²) < 4.78 is 4.93. The van der Waals surface area contributed by atoms with Crippen LogP contribution in [0.1, 0.15) is 27.7 Å². The fraction of sp³-hybridized carbons (Fsp3) is 0.700. The van der Waals surface area contributed by atoms with Crippen LogP contribution >= 0.6 is 0 Å². The van der Waals surface area contributed by atoms with Crippen molar-refractivity contribution in [1.82, 2.24) is 16.0 Å². The minimum Gasteiger partial charge on any atom is -0.444 e. The van der Waals surface area contributed by atoms with Crippen molar-refractivity contribution in [2.45, 2.75) is 33.3 Å². The van der Waals surface area contributed by atoms with Crippen LogP contribution < -0.4 is 16.0 Å². The van der Waals surface area contributed by atoms with Crippen LogP contribution in [0.2, 0.25) is 0 Å². The fourth-order valence-corrected chi connectivity index (χ4v) is 0.796. The average Bonchev–Trinajstić information content (AvgIpc) is 2.11. The van der Waals surface area contributed by atoms with Gasteiger partial charge < -0.3 is 20.7 Å². The summed E-state index contributed by atoms with van der Waals surface area (Å²) in [5.41, 5.74) is -0.600. The van der Waals surface area contributed by atoms with Crippen molar-refractivity contribution in [1.29, 1.82) is 0 Å². The number of ether oxygens (including phenoxy) is 1. The molecule has 0 aliphatic carbocycles. The highest BCUT2D eigenvalue weighted by Gasteiger charge is 2.16. The van der Waals surface area contributed by atoms with Gasteiger partial charge in [0.1, 0.15) is 12.1 Å². The Morgan fingerprint density at radius 3 is 2.12 bits per heavy atom. The van der Waals surface area contributed by atoms with Crippen molar-refractivity contribution in [2.24, 2.45) is 0 Å². The Hall–Kier alpha value is -1.79. The molecule has 0 aromatic heterocycles. The fourth-order valence-electron chi connectivity index (χ4n) is 0.796. The number of rotatable bonds is 4. The van der Waals surface area contributed by atoms with Gasteiger partial charge in [-0.1, -0.05) is 0 Å². The maximum Gasteiger partial charge on any atom is 0.408 e. The number of alkyl carbamates (subject to hydrolysis) is 1. The van der Waals surface area contributed by atoms with Crippen molar-refractivity contribution in [3.63, 3.8) is 0 Å². The van der Waals surface area contributed by atoms with Gasteiger partial charge in [-0.3, -0.25) is 9.59 Å². The molecular weight excluding hydrogens is 226 g/mol. The van der Waals surface area contributed by atoms with Crippen LogP contribution in [0.3, 0.4) is 0 Å². The lowest BCUT2D eigenvalue weighted by atomic mass is 10.2. The van der Waals surface area contributed by atoms with Gasteiger partial charge in [0.25, 0.3) is 0 Å². The minimum atomic E-state index is -0.660. The number of carbonyl (C=O) groups is 3. The van der Waals surface area contributed by atoms with Crippen LogP contribution in [-0.4, -0.2) is 36.7 Å². The molecule has 0 rings (SSSR count). The van der Waals surface area contributed by atoms with E-state index in [1.807, 2.05) is 0 Å². The Labute approximate surface area is 100 Å². The van der Waals surface area contributed by atoms with Crippen LogP contribution in [0.4, 0.5) is 4.79 Å². The highest BCUT2D eigenvalue weighted by atomic mass is 16.6. The van der Waals surface area contributed by atoms with Gasteiger partial charge in [0.15, 0.2) is 0 Å². The summed E-state index contributed by atoms with van der Waals surface area (Å²) in [6.45, 7) is 6.35. The molecule has 0 aliphatic rings. The molecule has 0 aromatic carbocycles. The summed E-state index contributed by atoms with van der Waals surface area (Å²) in [5, 5.41) is 7.07. The molecule has 0 saturated heterocycles. The van der Waals surface area contributed by atoms with Crippen LogP contribution in [-0.2, 0) is 14.3 Å². The van der Waals surface area contributed by atoms with Crippen molar-refractivity contribution in [3.8, 4) is 0 Å². The zero-order valence-corrected chi connectivity index (χ0v) is 10.5. The SMILES string of the molecule is CC(=O)NCNC(=O)CNC(=O)OC(C)(C)C. The topological polar surface area (TPSA) is 96.5 Å². The summed E-state index contributed by atoms with van der Waals surface area (Å²) in [6.07, 6.45) is -0.660. The molecule has 0 saturated carbocycles. The molecule has 98 valence electrons. The third-order valence-corrected chi connectivity index (χ3v) is 1.42. The second-order valence-corrected chi connectivity index (χ2v) is 4.37. The summed E-state index contributed by atoms with van der Waals surface area (Å²) in [5.74, 6) is -0.657. The lowest BCUT2D eigenvalue weighted by Gasteiger charge is -2.19. The molecule has 0 spiro atoms. The van der Waals surface area contributed by atoms with Crippen molar-refractivity contribution < 1.29 is 19.1 Å². The normalized spacial score (nSPS) is 10.4. The van der Waals surface area contributed by atoms with Crippen LogP contribution in [0.25, 0.3) is 0 Å². The van der Waals surface area contributed by atoms with Crippen LogP contribution in [0.15, 0.2) is 0 Å². The molecule has 0 bridgehead atoms. The van der Waals surface area contributed by atoms with Crippen molar-refractivity contribution >= 4 is 17.9 Å². The smallest absolute Gasteiger partial charge is 0.408 e. The first kappa shape index (κ1) is 15.2. The number of hydrogen-bond acceptors (Lipinski definition) is 4. The second-order valence-electron chi connectivity index (χ2n) is 4.37. The Bertz CT molecular complexity index is 296. The van der Waals surface area contributed by atoms with Gasteiger partial charge in [-0.2, -0.15) is 0 Å². The third-order valence-electron chi connectivity index (χ3n) is 1.42. The number of nitrogens with one attached hydrogen (secondary N) is 3. The van der Waals surface area contributed by atoms with E-state index in [0.29, 0.717) is 0 Å². The van der Waals surface area contributed by atoms with Gasteiger partial charge >= 0.3 is 6.09 Å². The summed E-state index contributed by atoms with van der Waals surface area (Å²) >= 11 is 0. The molecule has 7 nitrogen and oxygen atoms in total. The Balaban J connectivity index is 3.70. The van der Waals surface area contributed by atoms with Gasteiger partial charge in [-0.15, -0.1) is 0 Å². The number of hydrogen-bond donors (Lipinski definition) is 3. The van der Waals surface area contributed by atoms with E-state index in [4.69, 9.17) is 4.74 Å². The summed E-state index contributed by atoms with van der Waals surface area (Å²) in [4.78, 5) is 32.8. The lowest BCUT2D eigenvalue weighted by molar-refractivity contribution is -0.121. The van der Waals surface area contributed by atoms with E-state index in [0.717, 1.165) is 0 Å². The van der Waals surface area contributed by atoms with E-state index >= 15 is 0 Å². The quantitative estimate of drug-likeness (QED) is 0.593. The van der Waals surface area contributed by atoms with Gasteiger partial charge in [0.2, 0.25) is 11.8 Å². The molecule has 0 aliphatic heterocycles. The highest BCUT2D eigenvalue weighted by Crippen LogP contribution is 2.05. The maximum atomic E-state index is 11.2. The molecule has 17 heavy (non-hydrogen) atoms. The molecule has 0 heterocycles. The average molecular weight is 245 g/mol. The Kier molecular flexibility index (Phi) is 6.01. The van der Waals surface area contributed by atoms with E-state index in [-0.39, 0.29) is 19.1 Å². The van der Waals surface area contributed by atoms with Gasteiger partial charge in [-0.25, -0.2) is 4.79 Å². The van der Waals surface area contributed by atoms with E-state index in [2.05, 4.69) is 16.0 Å². The molecule has 0 unspecified atom stereocenters. The van der Waals surface area contributed by atoms with E-state index in [1.165, 1.54) is 6.92 Å². The molecule has 7 heteroatoms. The van der Waals surface area contributed by atoms with E-state index in [9.17, 15) is 14.4 Å². The zero-order valence-electron chi connectivity index (χ0n) is 10.5. The standard InChI is InChI=1S/C10H19N3O4/c1-7(14)12-6-13-8(15)5-11-9(16)17-10(2,3)4/h5-6H2,1-4H3,(H,11,16)(H,12,14)(H,13,15). The van der Waals surface area contributed by atoms with E-state index < -0.39 is 17.6 Å². The zero-order chi connectivity index (χ0) is 13.5.